The van der Waals surface area contributed by atoms with Gasteiger partial charge in [0.15, 0.2) is 0 Å². The van der Waals surface area contributed by atoms with Crippen molar-refractivity contribution in [1.29, 1.82) is 0 Å². The number of hydrogen-bond acceptors (Lipinski definition) is 8. The number of anilines is 3. The molecule has 0 fully saturated rings. The van der Waals surface area contributed by atoms with Gasteiger partial charge < -0.3 is 24.7 Å². The number of carbonyl (C=O) groups excluding carboxylic acids is 3. The van der Waals surface area contributed by atoms with Crippen LogP contribution in [0.4, 0.5) is 17.5 Å². The van der Waals surface area contributed by atoms with Crippen molar-refractivity contribution in [3.8, 4) is 5.75 Å². The van der Waals surface area contributed by atoms with Gasteiger partial charge in [-0.25, -0.2) is 4.98 Å². The topological polar surface area (TPSA) is 139 Å². The van der Waals surface area contributed by atoms with E-state index >= 15 is 0 Å². The Kier molecular flexibility index (Phi) is 7.44. The van der Waals surface area contributed by atoms with Crippen molar-refractivity contribution in [2.45, 2.75) is 13.0 Å². The first kappa shape index (κ1) is 27.5. The van der Waals surface area contributed by atoms with E-state index in [1.54, 1.807) is 49.6 Å². The fraction of sp³-hybridized carbons (Fsp3) is 0.156. The van der Waals surface area contributed by atoms with Crippen LogP contribution >= 0.6 is 0 Å². The zero-order chi connectivity index (χ0) is 29.9. The van der Waals surface area contributed by atoms with Crippen LogP contribution in [0.3, 0.4) is 0 Å². The summed E-state index contributed by atoms with van der Waals surface area (Å²) >= 11 is 0. The number of carbonyl (C=O) groups is 3. The number of methoxy groups -OCH3 is 1. The van der Waals surface area contributed by atoms with Gasteiger partial charge in [0.2, 0.25) is 5.95 Å². The van der Waals surface area contributed by atoms with Crippen LogP contribution in [0, 0.1) is 0 Å². The number of furan rings is 1. The van der Waals surface area contributed by atoms with E-state index in [1.807, 2.05) is 35.2 Å². The number of hydrogen-bond donors (Lipinski definition) is 3. The van der Waals surface area contributed by atoms with Crippen molar-refractivity contribution in [2.24, 2.45) is 0 Å². The summed E-state index contributed by atoms with van der Waals surface area (Å²) in [7, 11) is 3.14. The molecule has 2 aromatic heterocycles. The molecule has 216 valence electrons. The maximum absolute atomic E-state index is 13.7. The molecular weight excluding hydrogens is 548 g/mol. The first-order valence-electron chi connectivity index (χ1n) is 13.6. The van der Waals surface area contributed by atoms with E-state index in [2.05, 4.69) is 20.9 Å². The Balaban J connectivity index is 1.36. The van der Waals surface area contributed by atoms with Crippen LogP contribution in [0.15, 0.2) is 83.5 Å². The number of aromatic nitrogens is 2. The average Bonchev–Trinajstić information content (AvgIpc) is 3.68. The lowest BCUT2D eigenvalue weighted by atomic mass is 10.1. The maximum atomic E-state index is 13.7. The van der Waals surface area contributed by atoms with Crippen LogP contribution in [0.2, 0.25) is 0 Å². The number of nitrogens with zero attached hydrogens (tertiary/aromatic N) is 3. The smallest absolute Gasteiger partial charge is 0.274 e. The predicted octanol–water partition coefficient (Wildman–Crippen LogP) is 4.66. The molecule has 0 saturated carbocycles. The number of fused-ring (bicyclic) bond motifs is 2. The molecule has 1 aliphatic rings. The number of rotatable bonds is 8. The van der Waals surface area contributed by atoms with E-state index in [9.17, 15) is 14.4 Å². The molecule has 3 aromatic carbocycles. The third kappa shape index (κ3) is 5.47. The molecule has 3 heterocycles. The molecule has 43 heavy (non-hydrogen) atoms. The van der Waals surface area contributed by atoms with Crippen molar-refractivity contribution < 1.29 is 23.5 Å². The Bertz CT molecular complexity index is 1850. The minimum atomic E-state index is -0.523. The third-order valence-electron chi connectivity index (χ3n) is 7.26. The molecule has 0 radical (unpaired) electrons. The van der Waals surface area contributed by atoms with Gasteiger partial charge in [-0.3, -0.25) is 19.7 Å². The standard InChI is InChI=1S/C32H28N6O5/c1-33-29(39)22-7-3-4-9-25(22)34-31(41)26-23-14-16-38(18-19-10-12-21(42-2)13-11-19)28(23)36-32(35-26)37-30(40)24-8-5-6-20-15-17-43-27(20)24/h3-13,15,17H,14,16,18H2,1-2H3,(H,33,39)(H,34,41)(H,35,36,37,40). The molecule has 0 unspecified atom stereocenters. The minimum Gasteiger partial charge on any atom is -0.497 e. The molecule has 1 aliphatic heterocycles. The summed E-state index contributed by atoms with van der Waals surface area (Å²) in [6, 6.07) is 21.4. The Morgan fingerprint density at radius 2 is 1.67 bits per heavy atom. The third-order valence-corrected chi connectivity index (χ3v) is 7.26. The lowest BCUT2D eigenvalue weighted by Crippen LogP contribution is -2.24. The number of para-hydroxylation sites is 2. The molecular formula is C32H28N6O5. The zero-order valence-electron chi connectivity index (χ0n) is 23.5. The SMILES string of the molecule is CNC(=O)c1ccccc1NC(=O)c1nc(NC(=O)c2cccc3ccoc23)nc2c1CCN2Cc1ccc(OC)cc1. The summed E-state index contributed by atoms with van der Waals surface area (Å²) in [5, 5.41) is 8.95. The molecule has 11 heteroatoms. The maximum Gasteiger partial charge on any atom is 0.274 e. The van der Waals surface area contributed by atoms with Gasteiger partial charge in [0, 0.05) is 31.1 Å². The Morgan fingerprint density at radius 3 is 2.47 bits per heavy atom. The summed E-state index contributed by atoms with van der Waals surface area (Å²) < 4.78 is 10.8. The lowest BCUT2D eigenvalue weighted by Gasteiger charge is -2.20. The number of amides is 3. The van der Waals surface area contributed by atoms with Gasteiger partial charge in [0.1, 0.15) is 22.8 Å². The van der Waals surface area contributed by atoms with Crippen molar-refractivity contribution >= 4 is 46.1 Å². The van der Waals surface area contributed by atoms with Gasteiger partial charge >= 0.3 is 0 Å². The fourth-order valence-corrected chi connectivity index (χ4v) is 5.11. The summed E-state index contributed by atoms with van der Waals surface area (Å²) in [6.45, 7) is 1.11. The Morgan fingerprint density at radius 1 is 0.884 bits per heavy atom. The second kappa shape index (κ2) is 11.6. The molecule has 0 bridgehead atoms. The van der Waals surface area contributed by atoms with E-state index in [1.165, 1.54) is 13.3 Å². The normalized spacial score (nSPS) is 12.1. The van der Waals surface area contributed by atoms with Crippen molar-refractivity contribution in [3.63, 3.8) is 0 Å². The van der Waals surface area contributed by atoms with Gasteiger partial charge in [0.25, 0.3) is 17.7 Å². The van der Waals surface area contributed by atoms with Gasteiger partial charge in [0.05, 0.1) is 30.2 Å². The van der Waals surface area contributed by atoms with E-state index in [4.69, 9.17) is 14.1 Å². The summed E-state index contributed by atoms with van der Waals surface area (Å²) in [5.41, 5.74) is 3.17. The fourth-order valence-electron chi connectivity index (χ4n) is 5.11. The summed E-state index contributed by atoms with van der Waals surface area (Å²) in [6.07, 6.45) is 2.04. The van der Waals surface area contributed by atoms with Gasteiger partial charge in [-0.1, -0.05) is 36.4 Å². The van der Waals surface area contributed by atoms with Crippen molar-refractivity contribution in [3.05, 3.63) is 107 Å². The lowest BCUT2D eigenvalue weighted by molar-refractivity contribution is 0.0962. The quantitative estimate of drug-likeness (QED) is 0.243. The monoisotopic (exact) mass is 576 g/mol. The highest BCUT2D eigenvalue weighted by Crippen LogP contribution is 2.32. The highest BCUT2D eigenvalue weighted by molar-refractivity contribution is 6.12. The van der Waals surface area contributed by atoms with Crippen LogP contribution < -0.4 is 25.6 Å². The Hall–Kier alpha value is -5.71. The number of nitrogens with one attached hydrogen (secondary N) is 3. The highest BCUT2D eigenvalue weighted by Gasteiger charge is 2.30. The van der Waals surface area contributed by atoms with E-state index < -0.39 is 11.8 Å². The molecule has 3 amide bonds. The van der Waals surface area contributed by atoms with Gasteiger partial charge in [-0.15, -0.1) is 0 Å². The highest BCUT2D eigenvalue weighted by atomic mass is 16.5. The molecule has 0 aliphatic carbocycles. The van der Waals surface area contributed by atoms with Gasteiger partial charge in [-0.05, 0) is 48.4 Å². The second-order valence-corrected chi connectivity index (χ2v) is 9.90. The van der Waals surface area contributed by atoms with Crippen molar-refractivity contribution in [1.82, 2.24) is 15.3 Å². The van der Waals surface area contributed by atoms with Crippen LogP contribution in [0.1, 0.15) is 42.3 Å². The molecule has 0 atom stereocenters. The molecule has 0 spiro atoms. The van der Waals surface area contributed by atoms with Gasteiger partial charge in [-0.2, -0.15) is 4.98 Å². The van der Waals surface area contributed by atoms with Crippen LogP contribution in [-0.4, -0.2) is 48.4 Å². The second-order valence-electron chi connectivity index (χ2n) is 9.90. The minimum absolute atomic E-state index is 0.0290. The van der Waals surface area contributed by atoms with E-state index in [0.717, 1.165) is 16.7 Å². The van der Waals surface area contributed by atoms with E-state index in [0.29, 0.717) is 53.3 Å². The molecule has 11 nitrogen and oxygen atoms in total. The first-order chi connectivity index (χ1) is 20.9. The summed E-state index contributed by atoms with van der Waals surface area (Å²) in [5.74, 6) is -0.0720. The molecule has 6 rings (SSSR count). The average molecular weight is 577 g/mol. The predicted molar refractivity (Wildman–Crippen MR) is 162 cm³/mol. The van der Waals surface area contributed by atoms with Crippen LogP contribution in [0.25, 0.3) is 11.0 Å². The largest absolute Gasteiger partial charge is 0.497 e. The summed E-state index contributed by atoms with van der Waals surface area (Å²) in [4.78, 5) is 50.7. The van der Waals surface area contributed by atoms with Crippen LogP contribution in [0.5, 0.6) is 5.75 Å². The number of benzene rings is 3. The molecule has 0 saturated heterocycles. The number of ether oxygens (including phenoxy) is 1. The Labute approximate surface area is 246 Å². The molecule has 5 aromatic rings. The first-order valence-corrected chi connectivity index (χ1v) is 13.6. The van der Waals surface area contributed by atoms with Crippen LogP contribution in [-0.2, 0) is 13.0 Å². The zero-order valence-corrected chi connectivity index (χ0v) is 23.5. The molecule has 3 N–H and O–H groups in total. The van der Waals surface area contributed by atoms with Crippen molar-refractivity contribution in [2.75, 3.05) is 36.2 Å². The van der Waals surface area contributed by atoms with E-state index in [-0.39, 0.29) is 17.5 Å².